The number of hydrogen-bond acceptors (Lipinski definition) is 6. The fraction of sp³-hybridized carbons (Fsp3) is 0.652. The highest BCUT2D eigenvalue weighted by Gasteiger charge is 2.33. The summed E-state index contributed by atoms with van der Waals surface area (Å²) in [5.74, 6) is 0.194. The van der Waals surface area contributed by atoms with Crippen LogP contribution in [-0.2, 0) is 24.3 Å². The Bertz CT molecular complexity index is 849. The first-order valence-corrected chi connectivity index (χ1v) is 12.6. The Labute approximate surface area is 191 Å². The van der Waals surface area contributed by atoms with Crippen LogP contribution in [0.3, 0.4) is 0 Å². The van der Waals surface area contributed by atoms with Crippen molar-refractivity contribution in [3.05, 3.63) is 24.3 Å². The summed E-state index contributed by atoms with van der Waals surface area (Å²) in [6, 6.07) is 6.24. The molecule has 0 N–H and O–H groups in total. The monoisotopic (exact) mass is 468 g/mol. The average Bonchev–Trinajstić information content (AvgIpc) is 2.76. The van der Waals surface area contributed by atoms with Crippen LogP contribution < -0.4 is 4.74 Å². The standard InChI is InChI=1S/C23H36N2O6S/c1-17(2)14-24(15-18(3)4)22(26)16-31-23(27)19-10-12-25(13-11-19)32(28,29)21-8-6-20(30-5)7-9-21/h6-9,17-19H,10-16H2,1-5H3. The van der Waals surface area contributed by atoms with Crippen LogP contribution in [0.4, 0.5) is 0 Å². The number of nitrogens with zero attached hydrogens (tertiary/aromatic N) is 2. The first-order valence-electron chi connectivity index (χ1n) is 11.1. The van der Waals surface area contributed by atoms with Gasteiger partial charge in [0.1, 0.15) is 5.75 Å². The Hall–Kier alpha value is -2.13. The molecule has 1 aromatic rings. The van der Waals surface area contributed by atoms with Crippen LogP contribution in [0.2, 0.25) is 0 Å². The molecule has 0 atom stereocenters. The molecule has 0 saturated carbocycles. The lowest BCUT2D eigenvalue weighted by Crippen LogP contribution is -2.42. The van der Waals surface area contributed by atoms with Crippen molar-refractivity contribution in [2.24, 2.45) is 17.8 Å². The number of rotatable bonds is 10. The van der Waals surface area contributed by atoms with Gasteiger partial charge in [-0.15, -0.1) is 0 Å². The molecule has 0 spiro atoms. The van der Waals surface area contributed by atoms with Crippen LogP contribution in [0.5, 0.6) is 5.75 Å². The van der Waals surface area contributed by atoms with E-state index in [1.54, 1.807) is 17.0 Å². The molecule has 1 saturated heterocycles. The summed E-state index contributed by atoms with van der Waals surface area (Å²) in [6.45, 7) is 9.60. The number of esters is 1. The number of methoxy groups -OCH3 is 1. The minimum absolute atomic E-state index is 0.194. The van der Waals surface area contributed by atoms with Crippen molar-refractivity contribution in [3.8, 4) is 5.75 Å². The third-order valence-electron chi connectivity index (χ3n) is 5.35. The minimum atomic E-state index is -3.63. The second-order valence-corrected chi connectivity index (χ2v) is 11.0. The molecule has 1 heterocycles. The molecule has 0 bridgehead atoms. The Kier molecular flexibility index (Phi) is 9.51. The van der Waals surface area contributed by atoms with Crippen molar-refractivity contribution in [2.75, 3.05) is 39.9 Å². The van der Waals surface area contributed by atoms with Gasteiger partial charge in [-0.3, -0.25) is 9.59 Å². The van der Waals surface area contributed by atoms with Crippen LogP contribution in [0.15, 0.2) is 29.2 Å². The average molecular weight is 469 g/mol. The summed E-state index contributed by atoms with van der Waals surface area (Å²) in [7, 11) is -2.11. The van der Waals surface area contributed by atoms with E-state index in [2.05, 4.69) is 0 Å². The highest BCUT2D eigenvalue weighted by Crippen LogP contribution is 2.25. The zero-order valence-electron chi connectivity index (χ0n) is 19.7. The van der Waals surface area contributed by atoms with Gasteiger partial charge in [0.25, 0.3) is 5.91 Å². The fourth-order valence-corrected chi connectivity index (χ4v) is 5.20. The summed E-state index contributed by atoms with van der Waals surface area (Å²) < 4.78 is 37.5. The maximum atomic E-state index is 12.8. The molecule has 1 amide bonds. The van der Waals surface area contributed by atoms with Crippen molar-refractivity contribution in [1.82, 2.24) is 9.21 Å². The zero-order valence-corrected chi connectivity index (χ0v) is 20.6. The van der Waals surface area contributed by atoms with Crippen molar-refractivity contribution >= 4 is 21.9 Å². The molecule has 2 rings (SSSR count). The van der Waals surface area contributed by atoms with E-state index in [1.165, 1.54) is 23.5 Å². The minimum Gasteiger partial charge on any atom is -0.497 e. The Morgan fingerprint density at radius 2 is 1.56 bits per heavy atom. The van der Waals surface area contributed by atoms with E-state index in [0.717, 1.165) is 0 Å². The van der Waals surface area contributed by atoms with Gasteiger partial charge >= 0.3 is 5.97 Å². The number of hydrogen-bond donors (Lipinski definition) is 0. The molecule has 180 valence electrons. The van der Waals surface area contributed by atoms with Crippen molar-refractivity contribution < 1.29 is 27.5 Å². The van der Waals surface area contributed by atoms with Gasteiger partial charge in [-0.1, -0.05) is 27.7 Å². The molecule has 0 radical (unpaired) electrons. The van der Waals surface area contributed by atoms with Gasteiger partial charge in [-0.2, -0.15) is 4.31 Å². The lowest BCUT2D eigenvalue weighted by Gasteiger charge is -2.30. The van der Waals surface area contributed by atoms with Gasteiger partial charge in [-0.25, -0.2) is 8.42 Å². The van der Waals surface area contributed by atoms with Crippen molar-refractivity contribution in [3.63, 3.8) is 0 Å². The Morgan fingerprint density at radius 3 is 2.03 bits per heavy atom. The quantitative estimate of drug-likeness (QED) is 0.490. The van der Waals surface area contributed by atoms with Crippen LogP contribution in [0, 0.1) is 17.8 Å². The van der Waals surface area contributed by atoms with Crippen LogP contribution in [-0.4, -0.2) is 69.4 Å². The molecule has 0 aliphatic carbocycles. The number of benzene rings is 1. The number of carbonyl (C=O) groups is 2. The Morgan fingerprint density at radius 1 is 1.03 bits per heavy atom. The lowest BCUT2D eigenvalue weighted by atomic mass is 9.98. The molecular weight excluding hydrogens is 432 g/mol. The van der Waals surface area contributed by atoms with E-state index in [-0.39, 0.29) is 30.5 Å². The third-order valence-corrected chi connectivity index (χ3v) is 7.26. The molecule has 1 aliphatic rings. The van der Waals surface area contributed by atoms with Gasteiger partial charge in [0.2, 0.25) is 10.0 Å². The first-order chi connectivity index (χ1) is 15.0. The van der Waals surface area contributed by atoms with E-state index in [1.807, 2.05) is 27.7 Å². The van der Waals surface area contributed by atoms with Gasteiger partial charge in [0.05, 0.1) is 17.9 Å². The number of piperidine rings is 1. The smallest absolute Gasteiger partial charge is 0.309 e. The topological polar surface area (TPSA) is 93.2 Å². The summed E-state index contributed by atoms with van der Waals surface area (Å²) >= 11 is 0. The highest BCUT2D eigenvalue weighted by molar-refractivity contribution is 7.89. The number of ether oxygens (including phenoxy) is 2. The summed E-state index contributed by atoms with van der Waals surface area (Å²) in [5, 5.41) is 0. The molecule has 1 aromatic carbocycles. The number of carbonyl (C=O) groups excluding carboxylic acids is 2. The van der Waals surface area contributed by atoms with E-state index in [0.29, 0.717) is 43.5 Å². The SMILES string of the molecule is COc1ccc(S(=O)(=O)N2CCC(C(=O)OCC(=O)N(CC(C)C)CC(C)C)CC2)cc1. The van der Waals surface area contributed by atoms with Crippen LogP contribution >= 0.6 is 0 Å². The van der Waals surface area contributed by atoms with E-state index in [4.69, 9.17) is 9.47 Å². The molecule has 8 nitrogen and oxygen atoms in total. The molecule has 1 fully saturated rings. The van der Waals surface area contributed by atoms with Crippen LogP contribution in [0.25, 0.3) is 0 Å². The third kappa shape index (κ3) is 7.20. The van der Waals surface area contributed by atoms with Crippen molar-refractivity contribution in [1.29, 1.82) is 0 Å². The van der Waals surface area contributed by atoms with Gasteiger partial charge in [-0.05, 0) is 48.9 Å². The molecule has 1 aliphatic heterocycles. The molecule has 0 unspecified atom stereocenters. The summed E-state index contributed by atoms with van der Waals surface area (Å²) in [5.41, 5.74) is 0. The fourth-order valence-electron chi connectivity index (χ4n) is 3.73. The largest absolute Gasteiger partial charge is 0.497 e. The van der Waals surface area contributed by atoms with E-state index in [9.17, 15) is 18.0 Å². The second kappa shape index (κ2) is 11.7. The number of amides is 1. The Balaban J connectivity index is 1.88. The lowest BCUT2D eigenvalue weighted by molar-refractivity contribution is -0.156. The molecule has 0 aromatic heterocycles. The van der Waals surface area contributed by atoms with Gasteiger partial charge < -0.3 is 14.4 Å². The predicted molar refractivity (Wildman–Crippen MR) is 122 cm³/mol. The van der Waals surface area contributed by atoms with Gasteiger partial charge in [0.15, 0.2) is 6.61 Å². The summed E-state index contributed by atoms with van der Waals surface area (Å²) in [6.07, 6.45) is 0.730. The summed E-state index contributed by atoms with van der Waals surface area (Å²) in [4.78, 5) is 27.0. The highest BCUT2D eigenvalue weighted by atomic mass is 32.2. The van der Waals surface area contributed by atoms with Crippen molar-refractivity contribution in [2.45, 2.75) is 45.4 Å². The zero-order chi connectivity index (χ0) is 23.9. The van der Waals surface area contributed by atoms with E-state index >= 15 is 0 Å². The number of sulfonamides is 1. The molecular formula is C23H36N2O6S. The predicted octanol–water partition coefficient (Wildman–Crippen LogP) is 2.78. The maximum Gasteiger partial charge on any atom is 0.309 e. The van der Waals surface area contributed by atoms with Gasteiger partial charge in [0, 0.05) is 26.2 Å². The van der Waals surface area contributed by atoms with Crippen LogP contribution in [0.1, 0.15) is 40.5 Å². The molecule has 32 heavy (non-hydrogen) atoms. The first kappa shape index (κ1) is 26.1. The normalized spacial score (nSPS) is 15.7. The maximum absolute atomic E-state index is 12.8. The van der Waals surface area contributed by atoms with E-state index < -0.39 is 21.9 Å². The second-order valence-electron chi connectivity index (χ2n) is 9.05. The molecule has 9 heteroatoms.